The molecule has 1 aromatic rings. The maximum atomic E-state index is 10.5. The van der Waals surface area contributed by atoms with E-state index in [9.17, 15) is 4.79 Å². The predicted molar refractivity (Wildman–Crippen MR) is 62.8 cm³/mol. The molecule has 1 aromatic carbocycles. The molecule has 1 fully saturated rings. The van der Waals surface area contributed by atoms with Crippen LogP contribution in [0, 0.1) is 0 Å². The zero-order valence-corrected chi connectivity index (χ0v) is 9.61. The van der Waals surface area contributed by atoms with Gasteiger partial charge in [0.05, 0.1) is 6.61 Å². The van der Waals surface area contributed by atoms with Gasteiger partial charge in [-0.3, -0.25) is 0 Å². The Balaban J connectivity index is 1.86. The number of aldehydes is 1. The first-order valence-corrected chi connectivity index (χ1v) is 5.70. The first-order valence-electron chi connectivity index (χ1n) is 5.32. The van der Waals surface area contributed by atoms with Crippen molar-refractivity contribution in [1.82, 2.24) is 5.32 Å². The van der Waals surface area contributed by atoms with Crippen molar-refractivity contribution in [1.29, 1.82) is 0 Å². The molecule has 0 unspecified atom stereocenters. The van der Waals surface area contributed by atoms with E-state index in [1.54, 1.807) is 0 Å². The minimum absolute atomic E-state index is 0.275. The molecule has 4 heteroatoms. The van der Waals surface area contributed by atoms with Gasteiger partial charge >= 0.3 is 0 Å². The minimum Gasteiger partial charge on any atom is -0.368 e. The van der Waals surface area contributed by atoms with Crippen LogP contribution in [0.15, 0.2) is 24.3 Å². The zero-order valence-electron chi connectivity index (χ0n) is 8.86. The molecule has 0 aliphatic carbocycles. The first kappa shape index (κ1) is 11.6. The normalized spacial score (nSPS) is 25.3. The van der Waals surface area contributed by atoms with Crippen molar-refractivity contribution < 1.29 is 9.53 Å². The van der Waals surface area contributed by atoms with Gasteiger partial charge in [-0.25, -0.2) is 0 Å². The Morgan fingerprint density at radius 3 is 2.75 bits per heavy atom. The number of benzene rings is 1. The Kier molecular flexibility index (Phi) is 3.93. The van der Waals surface area contributed by atoms with Gasteiger partial charge in [0.2, 0.25) is 0 Å². The van der Waals surface area contributed by atoms with Gasteiger partial charge in [-0.15, -0.1) is 0 Å². The maximum absolute atomic E-state index is 10.5. The average molecular weight is 240 g/mol. The number of morpholine rings is 1. The van der Waals surface area contributed by atoms with Crippen LogP contribution >= 0.6 is 11.6 Å². The van der Waals surface area contributed by atoms with Gasteiger partial charge in [0.25, 0.3) is 0 Å². The van der Waals surface area contributed by atoms with Crippen LogP contribution in [0.2, 0.25) is 5.02 Å². The molecule has 2 rings (SSSR count). The molecule has 1 heterocycles. The van der Waals surface area contributed by atoms with Crippen molar-refractivity contribution in [2.45, 2.75) is 18.6 Å². The second-order valence-corrected chi connectivity index (χ2v) is 4.38. The molecule has 3 nitrogen and oxygen atoms in total. The van der Waals surface area contributed by atoms with Crippen LogP contribution in [0.25, 0.3) is 0 Å². The largest absolute Gasteiger partial charge is 0.368 e. The van der Waals surface area contributed by atoms with E-state index >= 15 is 0 Å². The van der Waals surface area contributed by atoms with Crippen LogP contribution in [-0.2, 0) is 16.0 Å². The van der Waals surface area contributed by atoms with Crippen LogP contribution < -0.4 is 5.32 Å². The van der Waals surface area contributed by atoms with E-state index in [0.29, 0.717) is 13.2 Å². The third-order valence-electron chi connectivity index (χ3n) is 2.67. The molecule has 0 bridgehead atoms. The number of ether oxygens (including phenoxy) is 1. The molecular formula is C12H14ClNO2. The molecule has 1 saturated heterocycles. The number of hydrogen-bond acceptors (Lipinski definition) is 3. The fraction of sp³-hybridized carbons (Fsp3) is 0.417. The summed E-state index contributed by atoms with van der Waals surface area (Å²) in [6.07, 6.45) is 1.44. The molecule has 1 N–H and O–H groups in total. The predicted octanol–water partition coefficient (Wildman–Crippen LogP) is 1.44. The fourth-order valence-corrected chi connectivity index (χ4v) is 1.89. The third kappa shape index (κ3) is 3.04. The number of carbonyl (C=O) groups is 1. The second kappa shape index (κ2) is 5.43. The topological polar surface area (TPSA) is 38.3 Å². The summed E-state index contributed by atoms with van der Waals surface area (Å²) >= 11 is 5.81. The van der Waals surface area contributed by atoms with Crippen molar-refractivity contribution in [3.05, 3.63) is 34.9 Å². The lowest BCUT2D eigenvalue weighted by atomic mass is 10.1. The summed E-state index contributed by atoms with van der Waals surface area (Å²) in [5.41, 5.74) is 1.22. The molecule has 1 aliphatic rings. The van der Waals surface area contributed by atoms with E-state index in [-0.39, 0.29) is 12.1 Å². The Bertz CT molecular complexity index is 345. The van der Waals surface area contributed by atoms with Gasteiger partial charge < -0.3 is 14.8 Å². The Morgan fingerprint density at radius 2 is 2.19 bits per heavy atom. The number of rotatable bonds is 3. The molecule has 2 atom stereocenters. The number of hydrogen-bond donors (Lipinski definition) is 1. The van der Waals surface area contributed by atoms with E-state index in [0.717, 1.165) is 17.7 Å². The number of carbonyl (C=O) groups excluding carboxylic acids is 1. The lowest BCUT2D eigenvalue weighted by molar-refractivity contribution is -0.120. The number of halogens is 1. The summed E-state index contributed by atoms with van der Waals surface area (Å²) < 4.78 is 5.38. The van der Waals surface area contributed by atoms with Crippen LogP contribution in [0.3, 0.4) is 0 Å². The summed E-state index contributed by atoms with van der Waals surface area (Å²) in [6, 6.07) is 8.06. The summed E-state index contributed by atoms with van der Waals surface area (Å²) in [5, 5.41) is 4.04. The molecule has 86 valence electrons. The maximum Gasteiger partial charge on any atom is 0.150 e. The van der Waals surface area contributed by atoms with Gasteiger partial charge in [-0.05, 0) is 24.1 Å². The molecule has 0 aromatic heterocycles. The standard InChI is InChI=1S/C12H14ClNO2/c13-10-3-1-9(2-4-10)5-11-8-16-12(7-15)6-14-11/h1-4,7,11-12,14H,5-6,8H2/t11-,12+/m0/s1. The smallest absolute Gasteiger partial charge is 0.150 e. The monoisotopic (exact) mass is 239 g/mol. The van der Waals surface area contributed by atoms with Gasteiger partial charge in [0.15, 0.2) is 0 Å². The average Bonchev–Trinajstić information content (AvgIpc) is 2.33. The molecular weight excluding hydrogens is 226 g/mol. The van der Waals surface area contributed by atoms with Gasteiger partial charge in [-0.2, -0.15) is 0 Å². The second-order valence-electron chi connectivity index (χ2n) is 3.94. The van der Waals surface area contributed by atoms with Gasteiger partial charge in [-0.1, -0.05) is 23.7 Å². The number of nitrogens with one attached hydrogen (secondary N) is 1. The van der Waals surface area contributed by atoms with Crippen molar-refractivity contribution in [3.8, 4) is 0 Å². The van der Waals surface area contributed by atoms with Crippen LogP contribution in [0.4, 0.5) is 0 Å². The molecule has 16 heavy (non-hydrogen) atoms. The lowest BCUT2D eigenvalue weighted by Gasteiger charge is -2.27. The Labute approximate surface area is 99.7 Å². The summed E-state index contributed by atoms with van der Waals surface area (Å²) in [7, 11) is 0. The summed E-state index contributed by atoms with van der Waals surface area (Å²) in [6.45, 7) is 1.17. The lowest BCUT2D eigenvalue weighted by Crippen LogP contribution is -2.47. The van der Waals surface area contributed by atoms with E-state index in [1.165, 1.54) is 5.56 Å². The Morgan fingerprint density at radius 1 is 1.44 bits per heavy atom. The molecule has 1 aliphatic heterocycles. The van der Waals surface area contributed by atoms with Crippen LogP contribution in [-0.4, -0.2) is 31.6 Å². The first-order chi connectivity index (χ1) is 7.78. The van der Waals surface area contributed by atoms with E-state index in [2.05, 4.69) is 5.32 Å². The summed E-state index contributed by atoms with van der Waals surface area (Å²) in [5.74, 6) is 0. The Hall–Kier alpha value is -0.900. The highest BCUT2D eigenvalue weighted by Gasteiger charge is 2.20. The van der Waals surface area contributed by atoms with Gasteiger partial charge in [0, 0.05) is 17.6 Å². The minimum atomic E-state index is -0.290. The highest BCUT2D eigenvalue weighted by atomic mass is 35.5. The van der Waals surface area contributed by atoms with Crippen LogP contribution in [0.1, 0.15) is 5.56 Å². The highest BCUT2D eigenvalue weighted by molar-refractivity contribution is 6.30. The molecule has 0 spiro atoms. The molecule has 0 radical (unpaired) electrons. The zero-order chi connectivity index (χ0) is 11.4. The summed E-state index contributed by atoms with van der Waals surface area (Å²) in [4.78, 5) is 10.5. The van der Waals surface area contributed by atoms with Crippen molar-refractivity contribution in [3.63, 3.8) is 0 Å². The quantitative estimate of drug-likeness (QED) is 0.812. The highest BCUT2D eigenvalue weighted by Crippen LogP contribution is 2.12. The molecule has 0 saturated carbocycles. The van der Waals surface area contributed by atoms with Crippen molar-refractivity contribution in [2.24, 2.45) is 0 Å². The van der Waals surface area contributed by atoms with E-state index in [1.807, 2.05) is 24.3 Å². The van der Waals surface area contributed by atoms with Crippen molar-refractivity contribution in [2.75, 3.05) is 13.2 Å². The SMILES string of the molecule is O=C[C@H]1CN[C@@H](Cc2ccc(Cl)cc2)CO1. The van der Waals surface area contributed by atoms with Gasteiger partial charge in [0.1, 0.15) is 12.4 Å². The fourth-order valence-electron chi connectivity index (χ4n) is 1.76. The van der Waals surface area contributed by atoms with E-state index < -0.39 is 0 Å². The van der Waals surface area contributed by atoms with E-state index in [4.69, 9.17) is 16.3 Å². The van der Waals surface area contributed by atoms with Crippen LogP contribution in [0.5, 0.6) is 0 Å². The van der Waals surface area contributed by atoms with Crippen molar-refractivity contribution >= 4 is 17.9 Å². The third-order valence-corrected chi connectivity index (χ3v) is 2.92. The molecule has 0 amide bonds.